The summed E-state index contributed by atoms with van der Waals surface area (Å²) < 4.78 is 27.6. The molecule has 0 saturated carbocycles. The average Bonchev–Trinajstić information content (AvgIpc) is 2.71. The SMILES string of the molecule is CNc1cn(Cc2cc(F)ccc2F)nn1. The first-order valence-corrected chi connectivity index (χ1v) is 4.71. The summed E-state index contributed by atoms with van der Waals surface area (Å²) in [6.07, 6.45) is 1.62. The molecule has 0 amide bonds. The Morgan fingerprint density at radius 3 is 2.88 bits per heavy atom. The molecule has 0 saturated heterocycles. The number of hydrogen-bond acceptors (Lipinski definition) is 3. The van der Waals surface area contributed by atoms with Crippen LogP contribution in [0.2, 0.25) is 0 Å². The van der Waals surface area contributed by atoms with E-state index in [1.54, 1.807) is 13.2 Å². The van der Waals surface area contributed by atoms with Gasteiger partial charge >= 0.3 is 0 Å². The minimum Gasteiger partial charge on any atom is -0.370 e. The lowest BCUT2D eigenvalue weighted by Crippen LogP contribution is -2.03. The van der Waals surface area contributed by atoms with Crippen molar-refractivity contribution in [2.75, 3.05) is 12.4 Å². The fourth-order valence-electron chi connectivity index (χ4n) is 1.33. The van der Waals surface area contributed by atoms with E-state index >= 15 is 0 Å². The van der Waals surface area contributed by atoms with Crippen LogP contribution in [0.15, 0.2) is 24.4 Å². The lowest BCUT2D eigenvalue weighted by Gasteiger charge is -2.02. The maximum absolute atomic E-state index is 13.3. The van der Waals surface area contributed by atoms with Gasteiger partial charge in [-0.1, -0.05) is 5.21 Å². The third kappa shape index (κ3) is 2.16. The summed E-state index contributed by atoms with van der Waals surface area (Å²) in [5.74, 6) is -0.343. The fourth-order valence-corrected chi connectivity index (χ4v) is 1.33. The first-order chi connectivity index (χ1) is 7.69. The Morgan fingerprint density at radius 1 is 1.38 bits per heavy atom. The number of hydrogen-bond donors (Lipinski definition) is 1. The van der Waals surface area contributed by atoms with Crippen LogP contribution in [0.1, 0.15) is 5.56 Å². The fraction of sp³-hybridized carbons (Fsp3) is 0.200. The molecular formula is C10H10F2N4. The van der Waals surface area contributed by atoms with Gasteiger partial charge in [0.2, 0.25) is 0 Å². The maximum Gasteiger partial charge on any atom is 0.168 e. The van der Waals surface area contributed by atoms with E-state index in [2.05, 4.69) is 15.6 Å². The van der Waals surface area contributed by atoms with Crippen molar-refractivity contribution in [1.29, 1.82) is 0 Å². The van der Waals surface area contributed by atoms with Crippen LogP contribution in [-0.4, -0.2) is 22.0 Å². The molecule has 6 heteroatoms. The molecule has 0 aliphatic heterocycles. The van der Waals surface area contributed by atoms with Crippen molar-refractivity contribution in [2.24, 2.45) is 0 Å². The summed E-state index contributed by atoms with van der Waals surface area (Å²) in [7, 11) is 1.71. The number of benzene rings is 1. The Hall–Kier alpha value is -1.98. The second-order valence-corrected chi connectivity index (χ2v) is 3.29. The van der Waals surface area contributed by atoms with E-state index in [-0.39, 0.29) is 12.1 Å². The Balaban J connectivity index is 2.22. The zero-order chi connectivity index (χ0) is 11.5. The summed E-state index contributed by atoms with van der Waals surface area (Å²) >= 11 is 0. The van der Waals surface area contributed by atoms with E-state index in [1.807, 2.05) is 0 Å². The molecule has 0 unspecified atom stereocenters. The molecule has 2 rings (SSSR count). The summed E-state index contributed by atoms with van der Waals surface area (Å²) in [4.78, 5) is 0. The third-order valence-corrected chi connectivity index (χ3v) is 2.13. The monoisotopic (exact) mass is 224 g/mol. The summed E-state index contributed by atoms with van der Waals surface area (Å²) in [5, 5.41) is 10.3. The predicted octanol–water partition coefficient (Wildman–Crippen LogP) is 1.65. The van der Waals surface area contributed by atoms with E-state index in [4.69, 9.17) is 0 Å². The van der Waals surface area contributed by atoms with Crippen molar-refractivity contribution in [2.45, 2.75) is 6.54 Å². The normalized spacial score (nSPS) is 10.4. The highest BCUT2D eigenvalue weighted by Gasteiger charge is 2.06. The molecule has 1 aromatic heterocycles. The van der Waals surface area contributed by atoms with Crippen molar-refractivity contribution < 1.29 is 8.78 Å². The molecule has 0 atom stereocenters. The highest BCUT2D eigenvalue weighted by Crippen LogP contribution is 2.11. The van der Waals surface area contributed by atoms with Crippen LogP contribution in [0.4, 0.5) is 14.6 Å². The van der Waals surface area contributed by atoms with Gasteiger partial charge in [-0.25, -0.2) is 13.5 Å². The van der Waals surface area contributed by atoms with E-state index in [1.165, 1.54) is 4.68 Å². The van der Waals surface area contributed by atoms with Crippen molar-refractivity contribution in [3.8, 4) is 0 Å². The first kappa shape index (κ1) is 10.5. The van der Waals surface area contributed by atoms with Gasteiger partial charge in [0, 0.05) is 12.6 Å². The Kier molecular flexibility index (Phi) is 2.80. The van der Waals surface area contributed by atoms with E-state index in [9.17, 15) is 8.78 Å². The van der Waals surface area contributed by atoms with Gasteiger partial charge in [0.25, 0.3) is 0 Å². The van der Waals surface area contributed by atoms with E-state index < -0.39 is 11.6 Å². The van der Waals surface area contributed by atoms with Crippen molar-refractivity contribution >= 4 is 5.82 Å². The highest BCUT2D eigenvalue weighted by molar-refractivity contribution is 5.28. The van der Waals surface area contributed by atoms with E-state index in [0.717, 1.165) is 18.2 Å². The zero-order valence-electron chi connectivity index (χ0n) is 8.61. The van der Waals surface area contributed by atoms with Crippen LogP contribution < -0.4 is 5.32 Å². The standard InChI is InChI=1S/C10H10F2N4/c1-13-10-6-16(15-14-10)5-7-4-8(11)2-3-9(7)12/h2-4,6,13H,5H2,1H3. The van der Waals surface area contributed by atoms with Gasteiger partial charge in [0.1, 0.15) is 11.6 Å². The smallest absolute Gasteiger partial charge is 0.168 e. The molecule has 84 valence electrons. The molecule has 0 spiro atoms. The summed E-state index contributed by atoms with van der Waals surface area (Å²) in [6, 6.07) is 3.33. The van der Waals surface area contributed by atoms with Gasteiger partial charge in [0.15, 0.2) is 5.82 Å². The molecule has 16 heavy (non-hydrogen) atoms. The Bertz CT molecular complexity index is 495. The molecule has 2 aromatic rings. The summed E-state index contributed by atoms with van der Waals surface area (Å²) in [6.45, 7) is 0.151. The molecule has 1 N–H and O–H groups in total. The van der Waals surface area contributed by atoms with Gasteiger partial charge in [-0.15, -0.1) is 5.10 Å². The van der Waals surface area contributed by atoms with Gasteiger partial charge < -0.3 is 5.32 Å². The molecular weight excluding hydrogens is 214 g/mol. The highest BCUT2D eigenvalue weighted by atomic mass is 19.1. The second kappa shape index (κ2) is 4.26. The molecule has 0 fully saturated rings. The van der Waals surface area contributed by atoms with Gasteiger partial charge in [0.05, 0.1) is 12.7 Å². The lowest BCUT2D eigenvalue weighted by molar-refractivity contribution is 0.560. The Morgan fingerprint density at radius 2 is 2.19 bits per heavy atom. The van der Waals surface area contributed by atoms with E-state index in [0.29, 0.717) is 5.82 Å². The van der Waals surface area contributed by atoms with Crippen LogP contribution in [-0.2, 0) is 6.54 Å². The topological polar surface area (TPSA) is 42.7 Å². The van der Waals surface area contributed by atoms with Crippen LogP contribution >= 0.6 is 0 Å². The number of aromatic nitrogens is 3. The van der Waals surface area contributed by atoms with Gasteiger partial charge in [-0.2, -0.15) is 0 Å². The van der Waals surface area contributed by atoms with Crippen LogP contribution in [0.25, 0.3) is 0 Å². The van der Waals surface area contributed by atoms with Crippen LogP contribution in [0, 0.1) is 11.6 Å². The largest absolute Gasteiger partial charge is 0.370 e. The molecule has 0 bridgehead atoms. The predicted molar refractivity (Wildman–Crippen MR) is 55.0 cm³/mol. The number of nitrogens with one attached hydrogen (secondary N) is 1. The summed E-state index contributed by atoms with van der Waals surface area (Å²) in [5.41, 5.74) is 0.243. The zero-order valence-corrected chi connectivity index (χ0v) is 8.61. The van der Waals surface area contributed by atoms with Crippen molar-refractivity contribution in [3.63, 3.8) is 0 Å². The quantitative estimate of drug-likeness (QED) is 0.861. The molecule has 1 heterocycles. The number of nitrogens with zero attached hydrogens (tertiary/aromatic N) is 3. The van der Waals surface area contributed by atoms with Crippen LogP contribution in [0.5, 0.6) is 0 Å². The van der Waals surface area contributed by atoms with Crippen LogP contribution in [0.3, 0.4) is 0 Å². The number of anilines is 1. The number of rotatable bonds is 3. The lowest BCUT2D eigenvalue weighted by atomic mass is 10.2. The minimum atomic E-state index is -0.467. The Labute approximate surface area is 90.9 Å². The molecule has 4 nitrogen and oxygen atoms in total. The van der Waals surface area contributed by atoms with Gasteiger partial charge in [-0.05, 0) is 18.2 Å². The molecule has 0 aliphatic carbocycles. The number of halogens is 2. The third-order valence-electron chi connectivity index (χ3n) is 2.13. The molecule has 0 radical (unpaired) electrons. The van der Waals surface area contributed by atoms with Gasteiger partial charge in [-0.3, -0.25) is 0 Å². The second-order valence-electron chi connectivity index (χ2n) is 3.29. The van der Waals surface area contributed by atoms with Crippen molar-refractivity contribution in [1.82, 2.24) is 15.0 Å². The molecule has 0 aliphatic rings. The van der Waals surface area contributed by atoms with Crippen molar-refractivity contribution in [3.05, 3.63) is 41.6 Å². The first-order valence-electron chi connectivity index (χ1n) is 4.71. The molecule has 1 aromatic carbocycles. The maximum atomic E-state index is 13.3. The average molecular weight is 224 g/mol. The minimum absolute atomic E-state index is 0.151.